The molecular formula is C37H24ClN3O. The number of hydrogen-bond donors (Lipinski definition) is 1. The van der Waals surface area contributed by atoms with Gasteiger partial charge >= 0.3 is 0 Å². The predicted molar refractivity (Wildman–Crippen MR) is 174 cm³/mol. The fraction of sp³-hybridized carbons (Fsp3) is 0.0270. The molecule has 0 saturated carbocycles. The molecule has 0 aliphatic carbocycles. The van der Waals surface area contributed by atoms with Gasteiger partial charge in [-0.25, -0.2) is 9.98 Å². The average Bonchev–Trinajstić information content (AvgIpc) is 3.45. The van der Waals surface area contributed by atoms with Crippen molar-refractivity contribution in [2.45, 2.75) is 6.17 Å². The largest absolute Gasteiger partial charge is 0.454 e. The van der Waals surface area contributed by atoms with Crippen LogP contribution in [0.5, 0.6) is 0 Å². The number of hydrogen-bond acceptors (Lipinski definition) is 4. The average molecular weight is 562 g/mol. The molecule has 0 bridgehead atoms. The van der Waals surface area contributed by atoms with Gasteiger partial charge in [-0.2, -0.15) is 0 Å². The molecule has 1 atom stereocenters. The van der Waals surface area contributed by atoms with Crippen LogP contribution < -0.4 is 5.32 Å². The van der Waals surface area contributed by atoms with Crippen LogP contribution in [0.25, 0.3) is 43.8 Å². The first-order valence-electron chi connectivity index (χ1n) is 13.9. The maximum absolute atomic E-state index is 7.07. The van der Waals surface area contributed by atoms with Crippen LogP contribution in [-0.4, -0.2) is 11.7 Å². The highest BCUT2D eigenvalue weighted by Crippen LogP contribution is 2.38. The van der Waals surface area contributed by atoms with Crippen molar-refractivity contribution in [3.05, 3.63) is 155 Å². The van der Waals surface area contributed by atoms with E-state index in [0.29, 0.717) is 16.4 Å². The molecule has 1 aromatic heterocycles. The van der Waals surface area contributed by atoms with E-state index in [1.54, 1.807) is 0 Å². The van der Waals surface area contributed by atoms with Crippen molar-refractivity contribution in [2.24, 2.45) is 9.98 Å². The SMILES string of the molecule is Clc1c(C2N=C(c3cccc(-c4ccccc4)c3)N=C(c3ccc4ccccc4c3)N2)ccc2c1oc1ccccc12. The van der Waals surface area contributed by atoms with Crippen molar-refractivity contribution in [3.8, 4) is 11.1 Å². The van der Waals surface area contributed by atoms with Crippen molar-refractivity contribution >= 4 is 56.0 Å². The standard InChI is InChI=1S/C37H24ClN3O/c38-33-31(20-19-30-29-15-6-7-16-32(29)42-34(30)33)37-40-35(27-14-8-13-26(21-27)23-9-2-1-3-10-23)39-36(41-37)28-18-17-24-11-4-5-12-25(24)22-28/h1-22,37H,(H,39,40,41). The van der Waals surface area contributed by atoms with E-state index in [1.807, 2.05) is 42.5 Å². The lowest BCUT2D eigenvalue weighted by Gasteiger charge is -2.24. The van der Waals surface area contributed by atoms with Gasteiger partial charge < -0.3 is 9.73 Å². The van der Waals surface area contributed by atoms with Gasteiger partial charge in [0.25, 0.3) is 0 Å². The van der Waals surface area contributed by atoms with Crippen LogP contribution in [-0.2, 0) is 0 Å². The van der Waals surface area contributed by atoms with Gasteiger partial charge in [0.1, 0.15) is 17.6 Å². The molecule has 1 unspecified atom stereocenters. The van der Waals surface area contributed by atoms with Crippen molar-refractivity contribution in [1.82, 2.24) is 5.32 Å². The highest BCUT2D eigenvalue weighted by atomic mass is 35.5. The van der Waals surface area contributed by atoms with Gasteiger partial charge in [-0.3, -0.25) is 0 Å². The summed E-state index contributed by atoms with van der Waals surface area (Å²) in [6.45, 7) is 0. The van der Waals surface area contributed by atoms with E-state index in [1.165, 1.54) is 5.39 Å². The summed E-state index contributed by atoms with van der Waals surface area (Å²) in [5, 5.41) is 8.46. The molecule has 0 saturated heterocycles. The Morgan fingerprint density at radius 2 is 1.36 bits per heavy atom. The van der Waals surface area contributed by atoms with E-state index >= 15 is 0 Å². The second-order valence-electron chi connectivity index (χ2n) is 10.4. The van der Waals surface area contributed by atoms with Gasteiger partial charge in [-0.1, -0.05) is 121 Å². The first-order valence-corrected chi connectivity index (χ1v) is 14.3. The Bertz CT molecular complexity index is 2200. The summed E-state index contributed by atoms with van der Waals surface area (Å²) in [4.78, 5) is 10.2. The Balaban J connectivity index is 1.28. The van der Waals surface area contributed by atoms with E-state index < -0.39 is 6.17 Å². The van der Waals surface area contributed by atoms with Crippen molar-refractivity contribution < 1.29 is 4.42 Å². The van der Waals surface area contributed by atoms with Crippen molar-refractivity contribution in [2.75, 3.05) is 0 Å². The van der Waals surface area contributed by atoms with Gasteiger partial charge in [0.2, 0.25) is 0 Å². The number of para-hydroxylation sites is 1. The summed E-state index contributed by atoms with van der Waals surface area (Å²) in [5.41, 5.74) is 6.46. The molecule has 7 aromatic rings. The predicted octanol–water partition coefficient (Wildman–Crippen LogP) is 9.55. The molecular weight excluding hydrogens is 538 g/mol. The van der Waals surface area contributed by atoms with E-state index in [4.69, 9.17) is 26.0 Å². The molecule has 0 fully saturated rings. The molecule has 2 heterocycles. The number of amidine groups is 2. The Morgan fingerprint density at radius 1 is 0.595 bits per heavy atom. The van der Waals surface area contributed by atoms with Gasteiger partial charge in [-0.15, -0.1) is 0 Å². The Morgan fingerprint density at radius 3 is 2.26 bits per heavy atom. The van der Waals surface area contributed by atoms with Crippen LogP contribution in [0.15, 0.2) is 148 Å². The summed E-state index contributed by atoms with van der Waals surface area (Å²) in [7, 11) is 0. The molecule has 42 heavy (non-hydrogen) atoms. The molecule has 0 radical (unpaired) electrons. The molecule has 200 valence electrons. The second kappa shape index (κ2) is 10.0. The number of rotatable bonds is 4. The summed E-state index contributed by atoms with van der Waals surface area (Å²) in [6.07, 6.45) is -0.468. The molecule has 0 amide bonds. The zero-order chi connectivity index (χ0) is 28.0. The normalized spacial score (nSPS) is 15.0. The lowest BCUT2D eigenvalue weighted by atomic mass is 10.0. The van der Waals surface area contributed by atoms with E-state index in [2.05, 4.69) is 96.3 Å². The molecule has 1 aliphatic rings. The van der Waals surface area contributed by atoms with Gasteiger partial charge in [0.05, 0.1) is 5.02 Å². The summed E-state index contributed by atoms with van der Waals surface area (Å²) >= 11 is 7.07. The third kappa shape index (κ3) is 4.25. The maximum Gasteiger partial charge on any atom is 0.159 e. The number of benzene rings is 6. The van der Waals surface area contributed by atoms with Crippen LogP contribution in [0.3, 0.4) is 0 Å². The molecule has 1 aliphatic heterocycles. The van der Waals surface area contributed by atoms with Crippen LogP contribution in [0, 0.1) is 0 Å². The molecule has 0 spiro atoms. The monoisotopic (exact) mass is 561 g/mol. The number of aliphatic imine (C=N–C) groups is 2. The smallest absolute Gasteiger partial charge is 0.159 e. The van der Waals surface area contributed by atoms with Crippen molar-refractivity contribution in [1.29, 1.82) is 0 Å². The molecule has 5 heteroatoms. The number of nitrogens with one attached hydrogen (secondary N) is 1. The summed E-state index contributed by atoms with van der Waals surface area (Å²) < 4.78 is 6.21. The van der Waals surface area contributed by atoms with Crippen LogP contribution in [0.1, 0.15) is 22.9 Å². The van der Waals surface area contributed by atoms with Crippen molar-refractivity contribution in [3.63, 3.8) is 0 Å². The summed E-state index contributed by atoms with van der Waals surface area (Å²) in [5.74, 6) is 1.38. The first kappa shape index (κ1) is 24.6. The number of furan rings is 1. The molecule has 8 rings (SSSR count). The second-order valence-corrected chi connectivity index (χ2v) is 10.8. The minimum atomic E-state index is -0.468. The van der Waals surface area contributed by atoms with Gasteiger partial charge in [0.15, 0.2) is 11.4 Å². The Kier molecular flexibility index (Phi) is 5.87. The Labute approximate surface area is 247 Å². The molecule has 6 aromatic carbocycles. The van der Waals surface area contributed by atoms with Crippen LogP contribution >= 0.6 is 11.6 Å². The summed E-state index contributed by atoms with van der Waals surface area (Å²) in [6, 6.07) is 45.5. The molecule has 4 nitrogen and oxygen atoms in total. The number of fused-ring (bicyclic) bond motifs is 4. The Hall–Kier alpha value is -5.19. The number of halogens is 1. The lowest BCUT2D eigenvalue weighted by Crippen LogP contribution is -2.33. The third-order valence-electron chi connectivity index (χ3n) is 7.80. The van der Waals surface area contributed by atoms with Gasteiger partial charge in [-0.05, 0) is 46.2 Å². The van der Waals surface area contributed by atoms with Crippen LogP contribution in [0.2, 0.25) is 5.02 Å². The van der Waals surface area contributed by atoms with E-state index in [-0.39, 0.29) is 0 Å². The van der Waals surface area contributed by atoms with Gasteiger partial charge in [0, 0.05) is 27.5 Å². The first-order chi connectivity index (χ1) is 20.7. The highest BCUT2D eigenvalue weighted by Gasteiger charge is 2.25. The van der Waals surface area contributed by atoms with E-state index in [0.717, 1.165) is 55.4 Å². The highest BCUT2D eigenvalue weighted by molar-refractivity contribution is 6.36. The lowest BCUT2D eigenvalue weighted by molar-refractivity contribution is 0.655. The van der Waals surface area contributed by atoms with Crippen LogP contribution in [0.4, 0.5) is 0 Å². The maximum atomic E-state index is 7.07. The zero-order valence-electron chi connectivity index (χ0n) is 22.5. The molecule has 1 N–H and O–H groups in total. The minimum Gasteiger partial charge on any atom is -0.454 e. The quantitative estimate of drug-likeness (QED) is 0.232. The topological polar surface area (TPSA) is 49.9 Å². The number of nitrogens with zero attached hydrogens (tertiary/aromatic N) is 2. The zero-order valence-corrected chi connectivity index (χ0v) is 23.2. The minimum absolute atomic E-state index is 0.468. The van der Waals surface area contributed by atoms with E-state index in [9.17, 15) is 0 Å². The fourth-order valence-corrected chi connectivity index (χ4v) is 5.98. The third-order valence-corrected chi connectivity index (χ3v) is 8.19. The fourth-order valence-electron chi connectivity index (χ4n) is 5.67.